The van der Waals surface area contributed by atoms with E-state index in [1.165, 1.54) is 18.4 Å². The van der Waals surface area contributed by atoms with Crippen LogP contribution >= 0.6 is 0 Å². The number of aromatic hydroxyl groups is 1. The van der Waals surface area contributed by atoms with Crippen LogP contribution in [0.4, 0.5) is 0 Å². The van der Waals surface area contributed by atoms with Crippen molar-refractivity contribution in [1.29, 1.82) is 0 Å². The maximum Gasteiger partial charge on any atom is 0.160 e. The van der Waals surface area contributed by atoms with Crippen LogP contribution in [0.2, 0.25) is 0 Å². The van der Waals surface area contributed by atoms with Gasteiger partial charge >= 0.3 is 0 Å². The van der Waals surface area contributed by atoms with Crippen molar-refractivity contribution < 1.29 is 9.84 Å². The van der Waals surface area contributed by atoms with Gasteiger partial charge in [-0.2, -0.15) is 0 Å². The number of rotatable bonds is 2. The fraction of sp³-hybridized carbons (Fsp3) is 0.647. The molecule has 0 aliphatic heterocycles. The van der Waals surface area contributed by atoms with E-state index in [2.05, 4.69) is 26.8 Å². The minimum Gasteiger partial charge on any atom is -0.504 e. The van der Waals surface area contributed by atoms with Gasteiger partial charge in [0.15, 0.2) is 11.5 Å². The van der Waals surface area contributed by atoms with Crippen LogP contribution in [0, 0.1) is 23.2 Å². The molecule has 0 saturated heterocycles. The van der Waals surface area contributed by atoms with Gasteiger partial charge in [0.1, 0.15) is 0 Å². The second kappa shape index (κ2) is 4.16. The maximum atomic E-state index is 9.98. The zero-order valence-electron chi connectivity index (χ0n) is 12.3. The average Bonchev–Trinajstić information content (AvgIpc) is 2.90. The molecule has 104 valence electrons. The molecule has 0 amide bonds. The van der Waals surface area contributed by atoms with E-state index >= 15 is 0 Å². The van der Waals surface area contributed by atoms with Gasteiger partial charge in [0, 0.05) is 0 Å². The molecular formula is C17H24O2. The molecule has 1 aromatic rings. The minimum atomic E-state index is 0.272. The third kappa shape index (κ3) is 1.76. The lowest BCUT2D eigenvalue weighted by Crippen LogP contribution is -2.32. The Morgan fingerprint density at radius 3 is 2.53 bits per heavy atom. The van der Waals surface area contributed by atoms with Crippen LogP contribution in [0.25, 0.3) is 0 Å². The monoisotopic (exact) mass is 260 g/mol. The van der Waals surface area contributed by atoms with Gasteiger partial charge in [-0.1, -0.05) is 26.8 Å². The number of hydrogen-bond acceptors (Lipinski definition) is 2. The van der Waals surface area contributed by atoms with E-state index < -0.39 is 0 Å². The van der Waals surface area contributed by atoms with E-state index in [1.807, 2.05) is 12.1 Å². The number of benzene rings is 1. The molecule has 0 spiro atoms. The fourth-order valence-corrected chi connectivity index (χ4v) is 4.56. The topological polar surface area (TPSA) is 29.5 Å². The predicted octanol–water partition coefficient (Wildman–Crippen LogP) is 4.19. The summed E-state index contributed by atoms with van der Waals surface area (Å²) in [5.74, 6) is 3.87. The van der Waals surface area contributed by atoms with Gasteiger partial charge in [-0.25, -0.2) is 0 Å². The molecular weight excluding hydrogens is 236 g/mol. The van der Waals surface area contributed by atoms with Crippen molar-refractivity contribution in [3.05, 3.63) is 23.8 Å². The summed E-state index contributed by atoms with van der Waals surface area (Å²) in [4.78, 5) is 0. The molecule has 2 aliphatic rings. The lowest BCUT2D eigenvalue weighted by atomic mass is 9.64. The number of fused-ring (bicyclic) bond motifs is 2. The third-order valence-corrected chi connectivity index (χ3v) is 6.07. The highest BCUT2D eigenvalue weighted by Crippen LogP contribution is 2.64. The molecule has 0 radical (unpaired) electrons. The van der Waals surface area contributed by atoms with Gasteiger partial charge in [0.2, 0.25) is 0 Å². The summed E-state index contributed by atoms with van der Waals surface area (Å²) < 4.78 is 5.13. The Hall–Kier alpha value is -1.18. The van der Waals surface area contributed by atoms with Crippen molar-refractivity contribution in [2.24, 2.45) is 23.2 Å². The van der Waals surface area contributed by atoms with Crippen LogP contribution in [-0.2, 0) is 0 Å². The van der Waals surface area contributed by atoms with E-state index in [-0.39, 0.29) is 5.75 Å². The van der Waals surface area contributed by atoms with Gasteiger partial charge in [0.05, 0.1) is 7.11 Å². The SMILES string of the molecule is COc1ccc([C@H]2C[C@H]3C[C@H]2C(C)(C)[C@@H]3C)cc1O. The highest BCUT2D eigenvalue weighted by molar-refractivity contribution is 5.43. The van der Waals surface area contributed by atoms with Gasteiger partial charge in [-0.3, -0.25) is 0 Å². The van der Waals surface area contributed by atoms with E-state index in [9.17, 15) is 5.11 Å². The molecule has 1 N–H and O–H groups in total. The maximum absolute atomic E-state index is 9.98. The van der Waals surface area contributed by atoms with Crippen LogP contribution in [0.1, 0.15) is 45.1 Å². The molecule has 2 aliphatic carbocycles. The summed E-state index contributed by atoms with van der Waals surface area (Å²) in [5, 5.41) is 9.98. The Morgan fingerprint density at radius 2 is 2.00 bits per heavy atom. The second-order valence-electron chi connectivity index (χ2n) is 6.99. The molecule has 2 bridgehead atoms. The Morgan fingerprint density at radius 1 is 1.26 bits per heavy atom. The third-order valence-electron chi connectivity index (χ3n) is 6.07. The molecule has 4 atom stereocenters. The van der Waals surface area contributed by atoms with Crippen molar-refractivity contribution in [3.8, 4) is 11.5 Å². The van der Waals surface area contributed by atoms with Gasteiger partial charge in [0.25, 0.3) is 0 Å². The Balaban J connectivity index is 1.91. The van der Waals surface area contributed by atoms with Gasteiger partial charge in [-0.05, 0) is 59.6 Å². The lowest BCUT2D eigenvalue weighted by Gasteiger charge is -2.41. The summed E-state index contributed by atoms with van der Waals surface area (Å²) in [6, 6.07) is 5.93. The number of methoxy groups -OCH3 is 1. The first-order chi connectivity index (χ1) is 8.95. The Kier molecular flexibility index (Phi) is 2.81. The predicted molar refractivity (Wildman–Crippen MR) is 76.6 cm³/mol. The molecule has 0 heterocycles. The zero-order valence-corrected chi connectivity index (χ0v) is 12.3. The summed E-state index contributed by atoms with van der Waals surface area (Å²) in [6.07, 6.45) is 2.63. The molecule has 2 heteroatoms. The van der Waals surface area contributed by atoms with Crippen LogP contribution in [0.15, 0.2) is 18.2 Å². The highest BCUT2D eigenvalue weighted by atomic mass is 16.5. The van der Waals surface area contributed by atoms with Crippen molar-refractivity contribution in [2.45, 2.75) is 39.5 Å². The van der Waals surface area contributed by atoms with E-state index in [0.29, 0.717) is 17.1 Å². The van der Waals surface area contributed by atoms with E-state index in [0.717, 1.165) is 17.8 Å². The van der Waals surface area contributed by atoms with Crippen molar-refractivity contribution in [2.75, 3.05) is 7.11 Å². The fourth-order valence-electron chi connectivity index (χ4n) is 4.56. The smallest absolute Gasteiger partial charge is 0.160 e. The number of phenolic OH excluding ortho intramolecular Hbond substituents is 1. The summed E-state index contributed by atoms with van der Waals surface area (Å²) >= 11 is 0. The van der Waals surface area contributed by atoms with Crippen molar-refractivity contribution in [1.82, 2.24) is 0 Å². The Labute approximate surface area is 115 Å². The van der Waals surface area contributed by atoms with Gasteiger partial charge in [-0.15, -0.1) is 0 Å². The van der Waals surface area contributed by atoms with Crippen LogP contribution in [0.5, 0.6) is 11.5 Å². The number of hydrogen-bond donors (Lipinski definition) is 1. The average molecular weight is 260 g/mol. The summed E-state index contributed by atoms with van der Waals surface area (Å²) in [5.41, 5.74) is 1.70. The molecule has 0 aromatic heterocycles. The largest absolute Gasteiger partial charge is 0.504 e. The van der Waals surface area contributed by atoms with Crippen molar-refractivity contribution >= 4 is 0 Å². The standard InChI is InChI=1S/C17H24O2/c1-10-12-7-13(14(8-12)17(10,2)3)11-5-6-16(19-4)15(18)9-11/h5-6,9-10,12-14,18H,7-8H2,1-4H3/t10-,12+,13-,14-/m1/s1. The molecule has 0 unspecified atom stereocenters. The highest BCUT2D eigenvalue weighted by Gasteiger charge is 2.55. The molecule has 1 aromatic carbocycles. The normalized spacial score (nSPS) is 35.6. The molecule has 2 nitrogen and oxygen atoms in total. The van der Waals surface area contributed by atoms with Crippen LogP contribution < -0.4 is 4.74 Å². The molecule has 3 rings (SSSR count). The summed E-state index contributed by atoms with van der Waals surface area (Å²) in [7, 11) is 1.59. The summed E-state index contributed by atoms with van der Waals surface area (Å²) in [6.45, 7) is 7.24. The van der Waals surface area contributed by atoms with Crippen LogP contribution in [0.3, 0.4) is 0 Å². The molecule has 2 fully saturated rings. The quantitative estimate of drug-likeness (QED) is 0.864. The first kappa shape index (κ1) is 12.8. The molecule has 2 saturated carbocycles. The second-order valence-corrected chi connectivity index (χ2v) is 6.99. The van der Waals surface area contributed by atoms with E-state index in [4.69, 9.17) is 4.74 Å². The first-order valence-corrected chi connectivity index (χ1v) is 7.32. The number of ether oxygens (including phenoxy) is 1. The zero-order chi connectivity index (χ0) is 13.8. The minimum absolute atomic E-state index is 0.272. The van der Waals surface area contributed by atoms with E-state index in [1.54, 1.807) is 7.11 Å². The molecule has 19 heavy (non-hydrogen) atoms. The van der Waals surface area contributed by atoms with Crippen molar-refractivity contribution in [3.63, 3.8) is 0 Å². The number of phenols is 1. The van der Waals surface area contributed by atoms with Crippen LogP contribution in [-0.4, -0.2) is 12.2 Å². The first-order valence-electron chi connectivity index (χ1n) is 7.32. The van der Waals surface area contributed by atoms with Gasteiger partial charge < -0.3 is 9.84 Å². The Bertz CT molecular complexity index is 492. The lowest BCUT2D eigenvalue weighted by molar-refractivity contribution is 0.118.